The summed E-state index contributed by atoms with van der Waals surface area (Å²) < 4.78 is 5.78. The molecule has 1 amide bonds. The van der Waals surface area contributed by atoms with Gasteiger partial charge in [0.1, 0.15) is 16.5 Å². The van der Waals surface area contributed by atoms with E-state index in [0.29, 0.717) is 23.9 Å². The lowest BCUT2D eigenvalue weighted by atomic mass is 10.3. The first-order chi connectivity index (χ1) is 12.7. The van der Waals surface area contributed by atoms with Gasteiger partial charge in [-0.3, -0.25) is 9.69 Å². The Morgan fingerprint density at radius 2 is 2.00 bits per heavy atom. The zero-order valence-corrected chi connectivity index (χ0v) is 15.1. The average molecular weight is 367 g/mol. The largest absolute Gasteiger partial charge is 0.430 e. The van der Waals surface area contributed by atoms with Crippen LogP contribution in [0.5, 0.6) is 0 Å². The molecule has 0 radical (unpaired) electrons. The Labute approximate surface area is 154 Å². The number of thiazole rings is 1. The lowest BCUT2D eigenvalue weighted by Crippen LogP contribution is -2.22. The molecular weight excluding hydrogens is 350 g/mol. The van der Waals surface area contributed by atoms with Gasteiger partial charge in [-0.1, -0.05) is 0 Å². The van der Waals surface area contributed by atoms with Gasteiger partial charge in [0.25, 0.3) is 5.91 Å². The molecule has 0 bridgehead atoms. The third kappa shape index (κ3) is 2.48. The molecule has 132 valence electrons. The first kappa shape index (κ1) is 15.5. The Balaban J connectivity index is 1.39. The van der Waals surface area contributed by atoms with Crippen molar-refractivity contribution in [3.05, 3.63) is 41.0 Å². The second kappa shape index (κ2) is 5.91. The highest BCUT2D eigenvalue weighted by Crippen LogP contribution is 2.34. The highest BCUT2D eigenvalue weighted by molar-refractivity contribution is 7.15. The van der Waals surface area contributed by atoms with Gasteiger partial charge in [0, 0.05) is 19.3 Å². The first-order valence-electron chi connectivity index (χ1n) is 8.64. The third-order valence-corrected chi connectivity index (χ3v) is 5.68. The van der Waals surface area contributed by atoms with Crippen LogP contribution < -0.4 is 9.80 Å². The summed E-state index contributed by atoms with van der Waals surface area (Å²) >= 11 is 1.49. The van der Waals surface area contributed by atoms with Gasteiger partial charge < -0.3 is 9.32 Å². The number of aryl methyl sites for hydroxylation is 1. The predicted molar refractivity (Wildman–Crippen MR) is 98.5 cm³/mol. The van der Waals surface area contributed by atoms with Crippen LogP contribution in [0.25, 0.3) is 11.5 Å². The Kier molecular flexibility index (Phi) is 3.53. The van der Waals surface area contributed by atoms with E-state index in [9.17, 15) is 4.79 Å². The van der Waals surface area contributed by atoms with Crippen molar-refractivity contribution in [3.8, 4) is 11.5 Å². The second-order valence-corrected chi connectivity index (χ2v) is 7.72. The standard InChI is InChI=1S/C18H17N5O2S/c1-11-19-9-15(26-11)23-10-13-16(18(23)24)25-17(21-13)12-4-5-14(20-8-12)22-6-2-3-7-22/h4-5,8-9H,2-3,6-7,10H2,1H3. The molecule has 0 saturated carbocycles. The van der Waals surface area contributed by atoms with Gasteiger partial charge in [0.05, 0.1) is 23.3 Å². The molecule has 0 spiro atoms. The number of aromatic nitrogens is 3. The van der Waals surface area contributed by atoms with E-state index in [1.165, 1.54) is 24.2 Å². The predicted octanol–water partition coefficient (Wildman–Crippen LogP) is 3.26. The van der Waals surface area contributed by atoms with Gasteiger partial charge in [-0.2, -0.15) is 0 Å². The molecule has 0 N–H and O–H groups in total. The molecule has 2 aliphatic heterocycles. The van der Waals surface area contributed by atoms with Crippen LogP contribution in [-0.2, 0) is 6.54 Å². The van der Waals surface area contributed by atoms with Crippen LogP contribution in [0.15, 0.2) is 28.9 Å². The van der Waals surface area contributed by atoms with Crippen molar-refractivity contribution in [2.45, 2.75) is 26.3 Å². The molecule has 1 saturated heterocycles. The van der Waals surface area contributed by atoms with E-state index in [2.05, 4.69) is 19.9 Å². The number of hydrogen-bond donors (Lipinski definition) is 0. The minimum atomic E-state index is -0.163. The topological polar surface area (TPSA) is 75.4 Å². The Morgan fingerprint density at radius 3 is 2.65 bits per heavy atom. The molecule has 5 heterocycles. The van der Waals surface area contributed by atoms with Crippen molar-refractivity contribution in [1.29, 1.82) is 0 Å². The van der Waals surface area contributed by atoms with Crippen molar-refractivity contribution >= 4 is 28.1 Å². The summed E-state index contributed by atoms with van der Waals surface area (Å²) in [5.74, 6) is 1.58. The van der Waals surface area contributed by atoms with Gasteiger partial charge in [-0.25, -0.2) is 15.0 Å². The van der Waals surface area contributed by atoms with Gasteiger partial charge in [0.2, 0.25) is 11.7 Å². The number of oxazole rings is 1. The Hall–Kier alpha value is -2.74. The number of anilines is 2. The van der Waals surface area contributed by atoms with E-state index >= 15 is 0 Å². The monoisotopic (exact) mass is 367 g/mol. The van der Waals surface area contributed by atoms with E-state index in [4.69, 9.17) is 4.42 Å². The molecule has 0 aliphatic carbocycles. The van der Waals surface area contributed by atoms with Crippen molar-refractivity contribution < 1.29 is 9.21 Å². The lowest BCUT2D eigenvalue weighted by Gasteiger charge is -2.15. The average Bonchev–Trinajstić information content (AvgIpc) is 3.41. The zero-order valence-electron chi connectivity index (χ0n) is 14.3. The first-order valence-corrected chi connectivity index (χ1v) is 9.46. The van der Waals surface area contributed by atoms with Crippen molar-refractivity contribution in [2.24, 2.45) is 0 Å². The molecule has 1 fully saturated rings. The molecular formula is C18H17N5O2S. The molecule has 3 aromatic rings. The van der Waals surface area contributed by atoms with Crippen LogP contribution in [0.3, 0.4) is 0 Å². The fourth-order valence-corrected chi connectivity index (χ4v) is 4.16. The Morgan fingerprint density at radius 1 is 1.15 bits per heavy atom. The quantitative estimate of drug-likeness (QED) is 0.707. The van der Waals surface area contributed by atoms with Crippen LogP contribution in [0.4, 0.5) is 10.8 Å². The van der Waals surface area contributed by atoms with Gasteiger partial charge in [-0.05, 0) is 31.9 Å². The number of pyridine rings is 1. The van der Waals surface area contributed by atoms with Crippen LogP contribution in [0.1, 0.15) is 34.1 Å². The zero-order chi connectivity index (χ0) is 17.7. The van der Waals surface area contributed by atoms with E-state index in [-0.39, 0.29) is 5.91 Å². The SMILES string of the molecule is Cc1ncc(N2Cc3nc(-c4ccc(N5CCCC5)nc4)oc3C2=O)s1. The Bertz CT molecular complexity index is 972. The number of amides is 1. The van der Waals surface area contributed by atoms with Gasteiger partial charge in [-0.15, -0.1) is 11.3 Å². The number of fused-ring (bicyclic) bond motifs is 1. The third-order valence-electron chi connectivity index (χ3n) is 4.74. The number of hydrogen-bond acceptors (Lipinski definition) is 7. The molecule has 2 aliphatic rings. The van der Waals surface area contributed by atoms with E-state index in [0.717, 1.165) is 34.5 Å². The summed E-state index contributed by atoms with van der Waals surface area (Å²) in [7, 11) is 0. The molecule has 5 rings (SSSR count). The molecule has 0 aromatic carbocycles. The number of carbonyl (C=O) groups excluding carboxylic acids is 1. The van der Waals surface area contributed by atoms with Crippen LogP contribution in [0, 0.1) is 6.92 Å². The maximum atomic E-state index is 12.6. The molecule has 0 atom stereocenters. The fourth-order valence-electron chi connectivity index (χ4n) is 3.39. The summed E-state index contributed by atoms with van der Waals surface area (Å²) in [4.78, 5) is 29.8. The molecule has 26 heavy (non-hydrogen) atoms. The van der Waals surface area contributed by atoms with Crippen molar-refractivity contribution in [3.63, 3.8) is 0 Å². The smallest absolute Gasteiger partial charge is 0.297 e. The van der Waals surface area contributed by atoms with E-state index < -0.39 is 0 Å². The maximum Gasteiger partial charge on any atom is 0.297 e. The summed E-state index contributed by atoms with van der Waals surface area (Å²) in [5, 5.41) is 1.74. The maximum absolute atomic E-state index is 12.6. The van der Waals surface area contributed by atoms with Crippen LogP contribution in [-0.4, -0.2) is 33.9 Å². The number of carbonyl (C=O) groups is 1. The summed E-state index contributed by atoms with van der Waals surface area (Å²) in [5.41, 5.74) is 1.45. The minimum absolute atomic E-state index is 0.163. The highest BCUT2D eigenvalue weighted by Gasteiger charge is 2.35. The number of rotatable bonds is 3. The van der Waals surface area contributed by atoms with E-state index in [1.54, 1.807) is 17.3 Å². The normalized spacial score (nSPS) is 16.6. The molecule has 8 heteroatoms. The highest BCUT2D eigenvalue weighted by atomic mass is 32.1. The van der Waals surface area contributed by atoms with Crippen molar-refractivity contribution in [2.75, 3.05) is 22.9 Å². The lowest BCUT2D eigenvalue weighted by molar-refractivity contribution is 0.0973. The molecule has 3 aromatic heterocycles. The van der Waals surface area contributed by atoms with Crippen molar-refractivity contribution in [1.82, 2.24) is 15.0 Å². The summed E-state index contributed by atoms with van der Waals surface area (Å²) in [6.07, 6.45) is 5.91. The van der Waals surface area contributed by atoms with Crippen LogP contribution >= 0.6 is 11.3 Å². The van der Waals surface area contributed by atoms with E-state index in [1.807, 2.05) is 19.1 Å². The van der Waals surface area contributed by atoms with Gasteiger partial charge in [0.15, 0.2) is 0 Å². The second-order valence-electron chi connectivity index (χ2n) is 6.50. The number of nitrogens with zero attached hydrogens (tertiary/aromatic N) is 5. The summed E-state index contributed by atoms with van der Waals surface area (Å²) in [6.45, 7) is 4.45. The minimum Gasteiger partial charge on any atom is -0.430 e. The molecule has 0 unspecified atom stereocenters. The molecule has 7 nitrogen and oxygen atoms in total. The van der Waals surface area contributed by atoms with Gasteiger partial charge >= 0.3 is 0 Å². The summed E-state index contributed by atoms with van der Waals surface area (Å²) in [6, 6.07) is 3.95. The van der Waals surface area contributed by atoms with Crippen LogP contribution in [0.2, 0.25) is 0 Å². The fraction of sp³-hybridized carbons (Fsp3) is 0.333.